The third-order valence-corrected chi connectivity index (χ3v) is 0.757. The van der Waals surface area contributed by atoms with Crippen LogP contribution >= 0.6 is 0 Å². The van der Waals surface area contributed by atoms with Gasteiger partial charge in [0, 0.05) is 6.42 Å². The standard InChI is InChI=1S/C7H13NO/c1-8(2)6-4-3-5-7-9/h9H,5-7H2,1-2H3. The molecule has 0 rings (SSSR count). The van der Waals surface area contributed by atoms with Crippen LogP contribution in [-0.2, 0) is 0 Å². The number of nitrogens with zero attached hydrogens (tertiary/aromatic N) is 1. The Morgan fingerprint density at radius 2 is 2.00 bits per heavy atom. The number of hydrogen-bond donors (Lipinski definition) is 1. The van der Waals surface area contributed by atoms with E-state index >= 15 is 0 Å². The normalized spacial score (nSPS) is 8.89. The maximum absolute atomic E-state index is 8.32. The first kappa shape index (κ1) is 8.48. The number of rotatable bonds is 2. The lowest BCUT2D eigenvalue weighted by molar-refractivity contribution is 0.305. The van der Waals surface area contributed by atoms with Gasteiger partial charge in [-0.15, -0.1) is 0 Å². The Kier molecular flexibility index (Phi) is 5.29. The van der Waals surface area contributed by atoms with Crippen molar-refractivity contribution < 1.29 is 5.11 Å². The highest BCUT2D eigenvalue weighted by molar-refractivity contribution is 5.00. The Morgan fingerprint density at radius 1 is 1.33 bits per heavy atom. The summed E-state index contributed by atoms with van der Waals surface area (Å²) in [6.45, 7) is 0.945. The molecule has 0 unspecified atom stereocenters. The van der Waals surface area contributed by atoms with Crippen LogP contribution in [0.1, 0.15) is 6.42 Å². The van der Waals surface area contributed by atoms with Gasteiger partial charge in [0.1, 0.15) is 0 Å². The highest BCUT2D eigenvalue weighted by atomic mass is 16.2. The summed E-state index contributed by atoms with van der Waals surface area (Å²) in [5.74, 6) is 5.73. The molecular formula is C7H13NO. The summed E-state index contributed by atoms with van der Waals surface area (Å²) in [5, 5.41) is 8.32. The molecule has 1 N–H and O–H groups in total. The maximum Gasteiger partial charge on any atom is 0.0596 e. The average molecular weight is 127 g/mol. The van der Waals surface area contributed by atoms with Gasteiger partial charge in [0.2, 0.25) is 0 Å². The fourth-order valence-corrected chi connectivity index (χ4v) is 0.358. The molecular weight excluding hydrogens is 114 g/mol. The van der Waals surface area contributed by atoms with E-state index in [-0.39, 0.29) is 6.61 Å². The highest BCUT2D eigenvalue weighted by Crippen LogP contribution is 1.72. The number of hydrogen-bond acceptors (Lipinski definition) is 2. The lowest BCUT2D eigenvalue weighted by atomic mass is 10.4. The van der Waals surface area contributed by atoms with Crippen LogP contribution in [0, 0.1) is 11.8 Å². The monoisotopic (exact) mass is 127 g/mol. The number of aliphatic hydroxyl groups is 1. The molecule has 0 fully saturated rings. The van der Waals surface area contributed by atoms with Gasteiger partial charge in [-0.05, 0) is 14.1 Å². The van der Waals surface area contributed by atoms with Gasteiger partial charge in [-0.1, -0.05) is 11.8 Å². The van der Waals surface area contributed by atoms with Crippen LogP contribution in [0.3, 0.4) is 0 Å². The molecule has 0 saturated carbocycles. The van der Waals surface area contributed by atoms with Crippen LogP contribution in [0.15, 0.2) is 0 Å². The average Bonchev–Trinajstić information content (AvgIpc) is 1.80. The zero-order valence-corrected chi connectivity index (χ0v) is 6.02. The van der Waals surface area contributed by atoms with Gasteiger partial charge < -0.3 is 5.11 Å². The zero-order valence-electron chi connectivity index (χ0n) is 6.02. The Balaban J connectivity index is 3.16. The SMILES string of the molecule is CN(C)CC#CCCO. The molecule has 0 aromatic carbocycles. The van der Waals surface area contributed by atoms with E-state index in [2.05, 4.69) is 11.8 Å². The smallest absolute Gasteiger partial charge is 0.0596 e. The van der Waals surface area contributed by atoms with E-state index in [1.807, 2.05) is 19.0 Å². The largest absolute Gasteiger partial charge is 0.395 e. The summed E-state index contributed by atoms with van der Waals surface area (Å²) in [5.41, 5.74) is 0. The van der Waals surface area contributed by atoms with E-state index in [1.165, 1.54) is 0 Å². The van der Waals surface area contributed by atoms with Gasteiger partial charge in [0.25, 0.3) is 0 Å². The van der Waals surface area contributed by atoms with Gasteiger partial charge in [-0.3, -0.25) is 4.90 Å². The van der Waals surface area contributed by atoms with Crippen molar-refractivity contribution in [2.24, 2.45) is 0 Å². The number of aliphatic hydroxyl groups excluding tert-OH is 1. The van der Waals surface area contributed by atoms with E-state index in [0.717, 1.165) is 6.54 Å². The van der Waals surface area contributed by atoms with Gasteiger partial charge in [-0.2, -0.15) is 0 Å². The van der Waals surface area contributed by atoms with Crippen molar-refractivity contribution in [2.75, 3.05) is 27.2 Å². The molecule has 52 valence electrons. The van der Waals surface area contributed by atoms with Crippen molar-refractivity contribution >= 4 is 0 Å². The molecule has 0 spiro atoms. The predicted octanol–water partition coefficient (Wildman–Crippen LogP) is -0.0662. The van der Waals surface area contributed by atoms with Crippen LogP contribution in [0.2, 0.25) is 0 Å². The summed E-state index contributed by atoms with van der Waals surface area (Å²) >= 11 is 0. The van der Waals surface area contributed by atoms with Crippen molar-refractivity contribution in [3.63, 3.8) is 0 Å². The van der Waals surface area contributed by atoms with Crippen molar-refractivity contribution in [1.29, 1.82) is 0 Å². The summed E-state index contributed by atoms with van der Waals surface area (Å²) in [7, 11) is 3.93. The second-order valence-electron chi connectivity index (χ2n) is 2.06. The first-order valence-corrected chi connectivity index (χ1v) is 2.98. The molecule has 2 heteroatoms. The Bertz CT molecular complexity index is 110. The third-order valence-electron chi connectivity index (χ3n) is 0.757. The minimum atomic E-state index is 0.167. The predicted molar refractivity (Wildman–Crippen MR) is 38.0 cm³/mol. The summed E-state index contributed by atoms with van der Waals surface area (Å²) in [6.07, 6.45) is 0.591. The second-order valence-corrected chi connectivity index (χ2v) is 2.06. The molecule has 0 aliphatic heterocycles. The van der Waals surface area contributed by atoms with Gasteiger partial charge >= 0.3 is 0 Å². The fraction of sp³-hybridized carbons (Fsp3) is 0.714. The lowest BCUT2D eigenvalue weighted by Gasteiger charge is -2.00. The third kappa shape index (κ3) is 7.48. The molecule has 0 bridgehead atoms. The van der Waals surface area contributed by atoms with Gasteiger partial charge in [-0.25, -0.2) is 0 Å². The van der Waals surface area contributed by atoms with Gasteiger partial charge in [0.05, 0.1) is 13.2 Å². The Hall–Kier alpha value is -0.520. The molecule has 0 aromatic rings. The molecule has 0 saturated heterocycles. The Morgan fingerprint density at radius 3 is 2.44 bits per heavy atom. The van der Waals surface area contributed by atoms with Crippen LogP contribution in [0.25, 0.3) is 0 Å². The van der Waals surface area contributed by atoms with Gasteiger partial charge in [0.15, 0.2) is 0 Å². The summed E-state index contributed by atoms with van der Waals surface area (Å²) < 4.78 is 0. The van der Waals surface area contributed by atoms with Crippen molar-refractivity contribution in [1.82, 2.24) is 4.90 Å². The summed E-state index contributed by atoms with van der Waals surface area (Å²) in [4.78, 5) is 1.99. The minimum Gasteiger partial charge on any atom is -0.395 e. The van der Waals surface area contributed by atoms with E-state index < -0.39 is 0 Å². The van der Waals surface area contributed by atoms with Crippen LogP contribution < -0.4 is 0 Å². The first-order chi connectivity index (χ1) is 4.27. The van der Waals surface area contributed by atoms with Crippen LogP contribution in [0.5, 0.6) is 0 Å². The zero-order chi connectivity index (χ0) is 7.11. The molecule has 0 aromatic heterocycles. The van der Waals surface area contributed by atoms with Crippen LogP contribution in [-0.4, -0.2) is 37.3 Å². The molecule has 2 nitrogen and oxygen atoms in total. The second kappa shape index (κ2) is 5.61. The Labute approximate surface area is 56.5 Å². The molecule has 0 atom stereocenters. The first-order valence-electron chi connectivity index (χ1n) is 2.98. The van der Waals surface area contributed by atoms with E-state index in [0.29, 0.717) is 6.42 Å². The molecule has 0 radical (unpaired) electrons. The molecule has 0 aliphatic carbocycles. The topological polar surface area (TPSA) is 23.5 Å². The van der Waals surface area contributed by atoms with E-state index in [9.17, 15) is 0 Å². The molecule has 0 amide bonds. The summed E-state index contributed by atoms with van der Waals surface area (Å²) in [6, 6.07) is 0. The van der Waals surface area contributed by atoms with Crippen molar-refractivity contribution in [3.8, 4) is 11.8 Å². The molecule has 0 aliphatic rings. The maximum atomic E-state index is 8.32. The molecule has 9 heavy (non-hydrogen) atoms. The van der Waals surface area contributed by atoms with E-state index in [1.54, 1.807) is 0 Å². The quantitative estimate of drug-likeness (QED) is 0.525. The minimum absolute atomic E-state index is 0.167. The lowest BCUT2D eigenvalue weighted by Crippen LogP contribution is -2.10. The fourth-order valence-electron chi connectivity index (χ4n) is 0.358. The van der Waals surface area contributed by atoms with Crippen LogP contribution in [0.4, 0.5) is 0 Å². The van der Waals surface area contributed by atoms with Crippen molar-refractivity contribution in [2.45, 2.75) is 6.42 Å². The highest BCUT2D eigenvalue weighted by Gasteiger charge is 1.78. The van der Waals surface area contributed by atoms with Crippen molar-refractivity contribution in [3.05, 3.63) is 0 Å². The van der Waals surface area contributed by atoms with E-state index in [4.69, 9.17) is 5.11 Å². The molecule has 0 heterocycles.